The molecule has 84 valence electrons. The Kier molecular flexibility index (Phi) is 4.23. The Morgan fingerprint density at radius 1 is 1.53 bits per heavy atom. The molecule has 1 rings (SSSR count). The molecular formula is C9H16N4O2. The Morgan fingerprint density at radius 3 is 2.80 bits per heavy atom. The van der Waals surface area contributed by atoms with Crippen molar-refractivity contribution in [2.75, 3.05) is 13.2 Å². The number of aliphatic imine (C=N–C) groups is 1. The summed E-state index contributed by atoms with van der Waals surface area (Å²) in [4.78, 5) is 14.2. The maximum atomic E-state index is 10.5. The van der Waals surface area contributed by atoms with Crippen LogP contribution >= 0.6 is 0 Å². The average Bonchev–Trinajstić information content (AvgIpc) is 2.18. The van der Waals surface area contributed by atoms with Crippen molar-refractivity contribution in [1.82, 2.24) is 0 Å². The zero-order valence-corrected chi connectivity index (χ0v) is 8.53. The second kappa shape index (κ2) is 5.45. The van der Waals surface area contributed by atoms with E-state index in [1.807, 2.05) is 0 Å². The standard InChI is InChI=1S/C9H16N4O2/c10-7(13-8(11)9(12)14)4-6-2-1-3-15-5-6/h6H,1-5H2,(H2,12,14)(H3,10,11,13). The van der Waals surface area contributed by atoms with Crippen LogP contribution in [0.15, 0.2) is 4.99 Å². The van der Waals surface area contributed by atoms with Gasteiger partial charge in [-0.15, -0.1) is 0 Å². The summed E-state index contributed by atoms with van der Waals surface area (Å²) in [5.41, 5.74) is 10.5. The first-order valence-electron chi connectivity index (χ1n) is 4.88. The van der Waals surface area contributed by atoms with Crippen LogP contribution in [-0.4, -0.2) is 30.8 Å². The molecule has 1 saturated heterocycles. The van der Waals surface area contributed by atoms with E-state index in [0.29, 0.717) is 18.9 Å². The van der Waals surface area contributed by atoms with E-state index in [9.17, 15) is 4.79 Å². The van der Waals surface area contributed by atoms with Crippen molar-refractivity contribution in [3.63, 3.8) is 0 Å². The maximum Gasteiger partial charge on any atom is 0.285 e. The van der Waals surface area contributed by atoms with Gasteiger partial charge in [0.05, 0.1) is 0 Å². The lowest BCUT2D eigenvalue weighted by molar-refractivity contribution is -0.112. The predicted octanol–water partition coefficient (Wildman–Crippen LogP) is -0.377. The quantitative estimate of drug-likeness (QED) is 0.428. The van der Waals surface area contributed by atoms with Crippen molar-refractivity contribution in [3.8, 4) is 0 Å². The van der Waals surface area contributed by atoms with Crippen molar-refractivity contribution in [2.45, 2.75) is 19.3 Å². The highest BCUT2D eigenvalue weighted by Gasteiger charge is 2.15. The molecule has 0 bridgehead atoms. The molecule has 1 amide bonds. The van der Waals surface area contributed by atoms with Gasteiger partial charge in [0.25, 0.3) is 5.91 Å². The minimum atomic E-state index is -0.863. The van der Waals surface area contributed by atoms with Crippen LogP contribution in [0.25, 0.3) is 0 Å². The summed E-state index contributed by atoms with van der Waals surface area (Å²) in [6.45, 7) is 1.46. The van der Waals surface area contributed by atoms with Crippen LogP contribution in [0.4, 0.5) is 0 Å². The number of nitrogens with zero attached hydrogens (tertiary/aromatic N) is 1. The molecule has 0 saturated carbocycles. The molecule has 0 aromatic rings. The van der Waals surface area contributed by atoms with Gasteiger partial charge in [-0.25, -0.2) is 4.99 Å². The number of amides is 1. The molecule has 1 atom stereocenters. The van der Waals surface area contributed by atoms with Crippen LogP contribution in [0.2, 0.25) is 0 Å². The van der Waals surface area contributed by atoms with E-state index in [0.717, 1.165) is 19.4 Å². The molecule has 6 nitrogen and oxygen atoms in total. The van der Waals surface area contributed by atoms with Crippen molar-refractivity contribution >= 4 is 17.6 Å². The van der Waals surface area contributed by atoms with Gasteiger partial charge < -0.3 is 16.2 Å². The van der Waals surface area contributed by atoms with Crippen molar-refractivity contribution in [3.05, 3.63) is 0 Å². The SMILES string of the molecule is N=C(N=C(N)CC1CCCOC1)C(N)=O. The lowest BCUT2D eigenvalue weighted by Gasteiger charge is -2.21. The number of rotatable bonds is 2. The van der Waals surface area contributed by atoms with Gasteiger partial charge in [0.1, 0.15) is 5.84 Å². The van der Waals surface area contributed by atoms with Gasteiger partial charge in [0, 0.05) is 19.6 Å². The molecule has 0 aromatic heterocycles. The highest BCUT2D eigenvalue weighted by atomic mass is 16.5. The number of hydrogen-bond acceptors (Lipinski definition) is 3. The van der Waals surface area contributed by atoms with Gasteiger partial charge in [-0.3, -0.25) is 10.2 Å². The molecule has 1 heterocycles. The Hall–Kier alpha value is -1.43. The van der Waals surface area contributed by atoms with E-state index in [2.05, 4.69) is 4.99 Å². The Labute approximate surface area is 88.2 Å². The molecule has 1 fully saturated rings. The summed E-state index contributed by atoms with van der Waals surface area (Å²) in [6.07, 6.45) is 2.61. The maximum absolute atomic E-state index is 10.5. The van der Waals surface area contributed by atoms with Crippen LogP contribution in [0.5, 0.6) is 0 Å². The molecule has 1 unspecified atom stereocenters. The number of carbonyl (C=O) groups excluding carboxylic acids is 1. The molecule has 0 aromatic carbocycles. The van der Waals surface area contributed by atoms with Crippen LogP contribution in [-0.2, 0) is 9.53 Å². The Bertz CT molecular complexity index is 282. The number of ether oxygens (including phenoxy) is 1. The first-order valence-corrected chi connectivity index (χ1v) is 4.88. The second-order valence-electron chi connectivity index (χ2n) is 3.60. The number of nitrogens with two attached hydrogens (primary N) is 2. The van der Waals surface area contributed by atoms with Gasteiger partial charge >= 0.3 is 0 Å². The normalized spacial score (nSPS) is 22.4. The molecule has 1 aliphatic heterocycles. The third-order valence-electron chi connectivity index (χ3n) is 2.24. The number of hydrogen-bond donors (Lipinski definition) is 3. The van der Waals surface area contributed by atoms with Gasteiger partial charge in [-0.1, -0.05) is 0 Å². The van der Waals surface area contributed by atoms with Gasteiger partial charge in [-0.2, -0.15) is 0 Å². The zero-order valence-electron chi connectivity index (χ0n) is 8.53. The van der Waals surface area contributed by atoms with Crippen LogP contribution in [0.1, 0.15) is 19.3 Å². The topological polar surface area (TPSA) is 115 Å². The fourth-order valence-electron chi connectivity index (χ4n) is 1.51. The third-order valence-corrected chi connectivity index (χ3v) is 2.24. The fraction of sp³-hybridized carbons (Fsp3) is 0.667. The van der Waals surface area contributed by atoms with Crippen molar-refractivity contribution < 1.29 is 9.53 Å². The van der Waals surface area contributed by atoms with Crippen molar-refractivity contribution in [2.24, 2.45) is 22.4 Å². The first-order chi connectivity index (χ1) is 7.09. The minimum absolute atomic E-state index is 0.273. The van der Waals surface area contributed by atoms with Gasteiger partial charge in [0.2, 0.25) is 5.84 Å². The van der Waals surface area contributed by atoms with Gasteiger partial charge in [-0.05, 0) is 18.8 Å². The van der Waals surface area contributed by atoms with Gasteiger partial charge in [0.15, 0.2) is 0 Å². The van der Waals surface area contributed by atoms with Crippen LogP contribution in [0.3, 0.4) is 0 Å². The molecule has 6 heteroatoms. The van der Waals surface area contributed by atoms with E-state index >= 15 is 0 Å². The molecule has 0 spiro atoms. The van der Waals surface area contributed by atoms with Crippen LogP contribution in [0, 0.1) is 11.3 Å². The van der Waals surface area contributed by atoms with E-state index < -0.39 is 11.7 Å². The molecular weight excluding hydrogens is 196 g/mol. The highest BCUT2D eigenvalue weighted by Crippen LogP contribution is 2.16. The summed E-state index contributed by atoms with van der Waals surface area (Å²) in [5, 5.41) is 7.12. The first kappa shape index (κ1) is 11.6. The summed E-state index contributed by atoms with van der Waals surface area (Å²) in [6, 6.07) is 0. The lowest BCUT2D eigenvalue weighted by atomic mass is 9.98. The predicted molar refractivity (Wildman–Crippen MR) is 56.7 cm³/mol. The molecule has 0 aliphatic carbocycles. The van der Waals surface area contributed by atoms with E-state index in [1.165, 1.54) is 0 Å². The van der Waals surface area contributed by atoms with Crippen LogP contribution < -0.4 is 11.5 Å². The fourth-order valence-corrected chi connectivity index (χ4v) is 1.51. The molecule has 1 aliphatic rings. The number of carbonyl (C=O) groups is 1. The summed E-state index contributed by atoms with van der Waals surface area (Å²) in [7, 11) is 0. The van der Waals surface area contributed by atoms with E-state index in [1.54, 1.807) is 0 Å². The minimum Gasteiger partial charge on any atom is -0.387 e. The monoisotopic (exact) mass is 212 g/mol. The summed E-state index contributed by atoms with van der Waals surface area (Å²) < 4.78 is 5.28. The van der Waals surface area contributed by atoms with Crippen molar-refractivity contribution in [1.29, 1.82) is 5.41 Å². The summed E-state index contributed by atoms with van der Waals surface area (Å²) in [5.74, 6) is -0.750. The molecule has 5 N–H and O–H groups in total. The summed E-state index contributed by atoms with van der Waals surface area (Å²) >= 11 is 0. The zero-order chi connectivity index (χ0) is 11.3. The Balaban J connectivity index is 2.42. The van der Waals surface area contributed by atoms with E-state index in [4.69, 9.17) is 21.6 Å². The largest absolute Gasteiger partial charge is 0.387 e. The third kappa shape index (κ3) is 4.07. The highest BCUT2D eigenvalue weighted by molar-refractivity contribution is 6.37. The average molecular weight is 212 g/mol. The molecule has 15 heavy (non-hydrogen) atoms. The Morgan fingerprint density at radius 2 is 2.27 bits per heavy atom. The number of nitrogens with one attached hydrogen (secondary N) is 1. The molecule has 0 radical (unpaired) electrons. The van der Waals surface area contributed by atoms with E-state index in [-0.39, 0.29) is 5.84 Å². The lowest BCUT2D eigenvalue weighted by Crippen LogP contribution is -2.27. The smallest absolute Gasteiger partial charge is 0.285 e. The number of amidine groups is 2. The number of primary amides is 1. The second-order valence-corrected chi connectivity index (χ2v) is 3.60.